The molecule has 0 bridgehead atoms. The molecular formula is C15H23NO5. The molecule has 6 heteroatoms. The van der Waals surface area contributed by atoms with Gasteiger partial charge in [0.15, 0.2) is 0 Å². The molecule has 0 aliphatic heterocycles. The average molecular weight is 297 g/mol. The van der Waals surface area contributed by atoms with Crippen LogP contribution in [0.5, 0.6) is 5.75 Å². The number of pyridine rings is 1. The second-order valence-corrected chi connectivity index (χ2v) is 5.81. The van der Waals surface area contributed by atoms with E-state index < -0.39 is 17.2 Å². The minimum atomic E-state index is -1.07. The van der Waals surface area contributed by atoms with Crippen LogP contribution >= 0.6 is 0 Å². The van der Waals surface area contributed by atoms with Crippen LogP contribution in [0.25, 0.3) is 0 Å². The molecular weight excluding hydrogens is 274 g/mol. The summed E-state index contributed by atoms with van der Waals surface area (Å²) in [6.45, 7) is 8.55. The Morgan fingerprint density at radius 2 is 1.90 bits per heavy atom. The van der Waals surface area contributed by atoms with Crippen LogP contribution < -0.4 is 10.3 Å². The van der Waals surface area contributed by atoms with Crippen molar-refractivity contribution in [3.63, 3.8) is 0 Å². The molecule has 0 radical (unpaired) electrons. The molecule has 0 fully saturated rings. The number of rotatable bonds is 6. The van der Waals surface area contributed by atoms with Gasteiger partial charge in [-0.2, -0.15) is 0 Å². The largest absolute Gasteiger partial charge is 0.483 e. The van der Waals surface area contributed by atoms with Crippen LogP contribution in [0.2, 0.25) is 0 Å². The quantitative estimate of drug-likeness (QED) is 0.802. The Bertz CT molecular complexity index is 554. The van der Waals surface area contributed by atoms with E-state index in [0.29, 0.717) is 5.75 Å². The minimum Gasteiger partial charge on any atom is -0.483 e. The van der Waals surface area contributed by atoms with Gasteiger partial charge in [-0.05, 0) is 40.7 Å². The lowest BCUT2D eigenvalue weighted by molar-refractivity contribution is -0.143. The van der Waals surface area contributed by atoms with Crippen molar-refractivity contribution in [1.29, 1.82) is 0 Å². The van der Waals surface area contributed by atoms with Crippen LogP contribution in [-0.2, 0) is 16.1 Å². The van der Waals surface area contributed by atoms with E-state index in [1.54, 1.807) is 34.6 Å². The fourth-order valence-corrected chi connectivity index (χ4v) is 1.46. The highest BCUT2D eigenvalue weighted by molar-refractivity contribution is 5.69. The van der Waals surface area contributed by atoms with Crippen molar-refractivity contribution >= 4 is 5.97 Å². The second kappa shape index (κ2) is 6.30. The highest BCUT2D eigenvalue weighted by Crippen LogP contribution is 2.27. The lowest BCUT2D eigenvalue weighted by Gasteiger charge is -2.37. The van der Waals surface area contributed by atoms with E-state index in [-0.39, 0.29) is 18.7 Å². The normalized spacial score (nSPS) is 12.1. The Balaban J connectivity index is 2.97. The fourth-order valence-electron chi connectivity index (χ4n) is 1.46. The summed E-state index contributed by atoms with van der Waals surface area (Å²) in [6, 6.07) is 2.83. The topological polar surface area (TPSA) is 77.8 Å². The van der Waals surface area contributed by atoms with Crippen molar-refractivity contribution in [2.45, 2.75) is 52.4 Å². The molecule has 1 rings (SSSR count). The van der Waals surface area contributed by atoms with Gasteiger partial charge in [0.1, 0.15) is 17.9 Å². The van der Waals surface area contributed by atoms with E-state index in [2.05, 4.69) is 0 Å². The van der Waals surface area contributed by atoms with Crippen molar-refractivity contribution < 1.29 is 19.4 Å². The first-order valence-corrected chi connectivity index (χ1v) is 6.84. The van der Waals surface area contributed by atoms with E-state index >= 15 is 0 Å². The summed E-state index contributed by atoms with van der Waals surface area (Å²) in [6.07, 6.45) is 1.44. The van der Waals surface area contributed by atoms with Gasteiger partial charge in [-0.15, -0.1) is 0 Å². The molecule has 0 unspecified atom stereocenters. The van der Waals surface area contributed by atoms with Gasteiger partial charge in [0.2, 0.25) is 0 Å². The summed E-state index contributed by atoms with van der Waals surface area (Å²) in [4.78, 5) is 23.2. The van der Waals surface area contributed by atoms with E-state index in [0.717, 1.165) is 0 Å². The molecule has 1 heterocycles. The molecule has 0 aromatic carbocycles. The number of aliphatic hydroxyl groups is 1. The van der Waals surface area contributed by atoms with Crippen molar-refractivity contribution in [2.75, 3.05) is 6.61 Å². The van der Waals surface area contributed by atoms with Gasteiger partial charge in [0.05, 0.1) is 12.2 Å². The summed E-state index contributed by atoms with van der Waals surface area (Å²) < 4.78 is 11.8. The van der Waals surface area contributed by atoms with Gasteiger partial charge in [0, 0.05) is 12.3 Å². The molecule has 0 atom stereocenters. The maximum Gasteiger partial charge on any atom is 0.326 e. The zero-order valence-electron chi connectivity index (χ0n) is 13.2. The number of ether oxygens (including phenoxy) is 2. The summed E-state index contributed by atoms with van der Waals surface area (Å²) in [5.41, 5.74) is -2.26. The van der Waals surface area contributed by atoms with E-state index in [1.807, 2.05) is 0 Å². The van der Waals surface area contributed by atoms with Crippen molar-refractivity contribution in [3.05, 3.63) is 28.7 Å². The standard InChI is InChI=1S/C15H23NO5/c1-6-20-13(18)10-16-9-11(7-8-12(16)17)21-15(4,5)14(2,3)19/h7-9,19H,6,10H2,1-5H3. The first-order chi connectivity index (χ1) is 9.56. The van der Waals surface area contributed by atoms with E-state index in [1.165, 1.54) is 22.9 Å². The Kier molecular flexibility index (Phi) is 5.17. The van der Waals surface area contributed by atoms with Crippen molar-refractivity contribution in [2.24, 2.45) is 0 Å². The third-order valence-electron chi connectivity index (χ3n) is 3.41. The summed E-state index contributed by atoms with van der Waals surface area (Å²) in [5.74, 6) is -0.0930. The molecule has 1 aromatic rings. The minimum absolute atomic E-state index is 0.174. The maximum absolute atomic E-state index is 11.7. The van der Waals surface area contributed by atoms with Gasteiger partial charge in [0.25, 0.3) is 5.56 Å². The highest BCUT2D eigenvalue weighted by Gasteiger charge is 2.37. The second-order valence-electron chi connectivity index (χ2n) is 5.81. The van der Waals surface area contributed by atoms with Crippen LogP contribution in [0.3, 0.4) is 0 Å². The number of carbonyl (C=O) groups excluding carboxylic acids is 1. The predicted molar refractivity (Wildman–Crippen MR) is 78.3 cm³/mol. The smallest absolute Gasteiger partial charge is 0.326 e. The first kappa shape index (κ1) is 17.2. The molecule has 0 saturated carbocycles. The van der Waals surface area contributed by atoms with Gasteiger partial charge in [-0.25, -0.2) is 0 Å². The van der Waals surface area contributed by atoms with Crippen molar-refractivity contribution in [1.82, 2.24) is 4.57 Å². The summed E-state index contributed by atoms with van der Waals surface area (Å²) >= 11 is 0. The zero-order valence-corrected chi connectivity index (χ0v) is 13.2. The van der Waals surface area contributed by atoms with Crippen molar-refractivity contribution in [3.8, 4) is 5.75 Å². The molecule has 0 aliphatic carbocycles. The van der Waals surface area contributed by atoms with Crippen LogP contribution in [0.4, 0.5) is 0 Å². The Hall–Kier alpha value is -1.82. The van der Waals surface area contributed by atoms with Crippen LogP contribution in [0.1, 0.15) is 34.6 Å². The van der Waals surface area contributed by atoms with Crippen LogP contribution in [0, 0.1) is 0 Å². The first-order valence-electron chi connectivity index (χ1n) is 6.84. The summed E-state index contributed by atoms with van der Waals surface area (Å²) in [7, 11) is 0. The molecule has 0 saturated heterocycles. The molecule has 6 nitrogen and oxygen atoms in total. The Morgan fingerprint density at radius 3 is 2.43 bits per heavy atom. The Morgan fingerprint density at radius 1 is 1.29 bits per heavy atom. The van der Waals surface area contributed by atoms with Crippen LogP contribution in [0.15, 0.2) is 23.1 Å². The average Bonchev–Trinajstić information content (AvgIpc) is 2.32. The third-order valence-corrected chi connectivity index (χ3v) is 3.41. The lowest BCUT2D eigenvalue weighted by atomic mass is 9.89. The molecule has 1 N–H and O–H groups in total. The number of carbonyl (C=O) groups is 1. The van der Waals surface area contributed by atoms with Gasteiger partial charge in [-0.3, -0.25) is 9.59 Å². The van der Waals surface area contributed by atoms with E-state index in [9.17, 15) is 14.7 Å². The molecule has 0 spiro atoms. The molecule has 118 valence electrons. The molecule has 0 aliphatic rings. The number of aromatic nitrogens is 1. The number of esters is 1. The summed E-state index contributed by atoms with van der Waals surface area (Å²) in [5, 5.41) is 10.1. The SMILES string of the molecule is CCOC(=O)Cn1cc(OC(C)(C)C(C)(C)O)ccc1=O. The Labute approximate surface area is 124 Å². The highest BCUT2D eigenvalue weighted by atomic mass is 16.5. The molecule has 1 aromatic heterocycles. The van der Waals surface area contributed by atoms with Crippen LogP contribution in [-0.4, -0.2) is 33.5 Å². The van der Waals surface area contributed by atoms with Gasteiger partial charge < -0.3 is 19.1 Å². The third kappa shape index (κ3) is 4.60. The molecule has 21 heavy (non-hydrogen) atoms. The monoisotopic (exact) mass is 297 g/mol. The molecule has 0 amide bonds. The van der Waals surface area contributed by atoms with E-state index in [4.69, 9.17) is 9.47 Å². The fraction of sp³-hybridized carbons (Fsp3) is 0.600. The maximum atomic E-state index is 11.7. The van der Waals surface area contributed by atoms with Gasteiger partial charge >= 0.3 is 5.97 Å². The van der Waals surface area contributed by atoms with Gasteiger partial charge in [-0.1, -0.05) is 0 Å². The lowest BCUT2D eigenvalue weighted by Crippen LogP contribution is -2.49. The number of hydrogen-bond acceptors (Lipinski definition) is 5. The number of hydrogen-bond donors (Lipinski definition) is 1. The number of nitrogens with zero attached hydrogens (tertiary/aromatic N) is 1. The predicted octanol–water partition coefficient (Wildman–Crippen LogP) is 1.34. The zero-order chi connectivity index (χ0) is 16.3.